The number of aliphatic hydroxyl groups excluding tert-OH is 1. The van der Waals surface area contributed by atoms with E-state index in [9.17, 15) is 0 Å². The molecular formula is C32H46N4O5S2. The van der Waals surface area contributed by atoms with Crippen molar-refractivity contribution in [2.75, 3.05) is 51.0 Å². The van der Waals surface area contributed by atoms with Crippen molar-refractivity contribution < 1.29 is 23.7 Å². The predicted molar refractivity (Wildman–Crippen MR) is 175 cm³/mol. The van der Waals surface area contributed by atoms with Gasteiger partial charge in [-0.2, -0.15) is 5.48 Å². The number of nitrogens with one attached hydrogen (secondary N) is 2. The first-order valence-electron chi connectivity index (χ1n) is 15.7. The summed E-state index contributed by atoms with van der Waals surface area (Å²) < 4.78 is 22.4. The van der Waals surface area contributed by atoms with Gasteiger partial charge in [0.05, 0.1) is 33.0 Å². The summed E-state index contributed by atoms with van der Waals surface area (Å²) in [4.78, 5) is 6.96. The second kappa shape index (κ2) is 17.6. The molecule has 3 aliphatic carbocycles. The number of ether oxygens (including phenoxy) is 2. The molecule has 0 unspecified atom stereocenters. The van der Waals surface area contributed by atoms with Crippen molar-refractivity contribution in [1.29, 1.82) is 0 Å². The lowest BCUT2D eigenvalue weighted by Gasteiger charge is -2.23. The number of anilines is 1. The van der Waals surface area contributed by atoms with Crippen LogP contribution in [0.25, 0.3) is 11.1 Å². The molecule has 2 aromatic carbocycles. The standard InChI is InChI=1S/C32H46N4O5S2/c1-36(43-41-33-24-8-4-2-5-9-24)26-12-14-28-29-15-13-27(42-35-25-10-6-3-7-11-25)23-31(29)32(30(28)22-26)34-40-21-20-39-19-18-38-17-16-37/h12-15,22-25,33,35,37H,2-11,16-21H2,1H3/b34-32+. The van der Waals surface area contributed by atoms with E-state index in [0.717, 1.165) is 33.7 Å². The van der Waals surface area contributed by atoms with E-state index in [0.29, 0.717) is 45.1 Å². The minimum atomic E-state index is 0.0149. The van der Waals surface area contributed by atoms with Gasteiger partial charge in [0.2, 0.25) is 0 Å². The van der Waals surface area contributed by atoms with Gasteiger partial charge in [0.25, 0.3) is 0 Å². The van der Waals surface area contributed by atoms with Crippen LogP contribution in [-0.2, 0) is 18.6 Å². The van der Waals surface area contributed by atoms with E-state index in [1.54, 1.807) is 11.9 Å². The summed E-state index contributed by atoms with van der Waals surface area (Å²) in [6.45, 7) is 1.97. The molecule has 43 heavy (non-hydrogen) atoms. The van der Waals surface area contributed by atoms with Crippen molar-refractivity contribution in [2.24, 2.45) is 5.16 Å². The Morgan fingerprint density at radius 3 is 2.19 bits per heavy atom. The molecule has 236 valence electrons. The Labute approximate surface area is 264 Å². The van der Waals surface area contributed by atoms with Crippen LogP contribution in [0.3, 0.4) is 0 Å². The summed E-state index contributed by atoms with van der Waals surface area (Å²) in [5.74, 6) is 0. The van der Waals surface area contributed by atoms with Gasteiger partial charge < -0.3 is 19.4 Å². The molecule has 0 aliphatic heterocycles. The van der Waals surface area contributed by atoms with Gasteiger partial charge in [-0.15, -0.1) is 0 Å². The van der Waals surface area contributed by atoms with Crippen LogP contribution < -0.4 is 14.5 Å². The minimum Gasteiger partial charge on any atom is -0.394 e. The van der Waals surface area contributed by atoms with Gasteiger partial charge in [-0.05, 0) is 73.0 Å². The monoisotopic (exact) mass is 630 g/mol. The maximum Gasteiger partial charge on any atom is 0.140 e. The molecule has 3 N–H and O–H groups in total. The first-order chi connectivity index (χ1) is 21.2. The number of fused-ring (bicyclic) bond motifs is 3. The lowest BCUT2D eigenvalue weighted by molar-refractivity contribution is 0.00876. The number of rotatable bonds is 17. The zero-order valence-corrected chi connectivity index (χ0v) is 26.9. The summed E-state index contributed by atoms with van der Waals surface area (Å²) in [7, 11) is 2.01. The summed E-state index contributed by atoms with van der Waals surface area (Å²) >= 11 is 3.03. The summed E-state index contributed by atoms with van der Waals surface area (Å²) in [6.07, 6.45) is 12.6. The van der Waals surface area contributed by atoms with Gasteiger partial charge >= 0.3 is 0 Å². The molecule has 0 bridgehead atoms. The highest BCUT2D eigenvalue weighted by Crippen LogP contribution is 2.41. The molecule has 0 spiro atoms. The average Bonchev–Trinajstić information content (AvgIpc) is 3.36. The molecular weight excluding hydrogens is 585 g/mol. The molecule has 9 nitrogen and oxygen atoms in total. The summed E-state index contributed by atoms with van der Waals surface area (Å²) in [6, 6.07) is 14.1. The van der Waals surface area contributed by atoms with Gasteiger partial charge in [-0.1, -0.05) is 55.8 Å². The van der Waals surface area contributed by atoms with Gasteiger partial charge in [-0.3, -0.25) is 9.03 Å². The molecule has 0 atom stereocenters. The van der Waals surface area contributed by atoms with E-state index in [1.165, 1.54) is 81.3 Å². The van der Waals surface area contributed by atoms with Crippen LogP contribution in [0, 0.1) is 0 Å². The Balaban J connectivity index is 1.25. The molecule has 0 aromatic heterocycles. The van der Waals surface area contributed by atoms with Crippen molar-refractivity contribution in [3.05, 3.63) is 47.5 Å². The Morgan fingerprint density at radius 1 is 0.791 bits per heavy atom. The second-order valence-electron chi connectivity index (χ2n) is 11.3. The number of aliphatic hydroxyl groups is 1. The highest BCUT2D eigenvalue weighted by Gasteiger charge is 2.27. The number of hydrogen-bond donors (Lipinski definition) is 3. The maximum atomic E-state index is 8.81. The van der Waals surface area contributed by atoms with Crippen LogP contribution in [0.4, 0.5) is 5.69 Å². The normalized spacial score (nSPS) is 18.1. The lowest BCUT2D eigenvalue weighted by atomic mass is 9.96. The zero-order valence-electron chi connectivity index (χ0n) is 25.2. The smallest absolute Gasteiger partial charge is 0.140 e. The third-order valence-electron chi connectivity index (χ3n) is 8.16. The highest BCUT2D eigenvalue weighted by molar-refractivity contribution is 7.97. The molecule has 2 saturated carbocycles. The van der Waals surface area contributed by atoms with Gasteiger partial charge in [0.15, 0.2) is 0 Å². The van der Waals surface area contributed by atoms with E-state index in [4.69, 9.17) is 23.7 Å². The largest absolute Gasteiger partial charge is 0.394 e. The first kappa shape index (κ1) is 32.6. The van der Waals surface area contributed by atoms with Gasteiger partial charge in [0, 0.05) is 40.8 Å². The fourth-order valence-corrected chi connectivity index (χ4v) is 7.14. The quantitative estimate of drug-likeness (QED) is 0.0688. The number of hydroxylamine groups is 1. The van der Waals surface area contributed by atoms with E-state index in [2.05, 4.69) is 51.8 Å². The molecule has 0 radical (unpaired) electrons. The van der Waals surface area contributed by atoms with Crippen LogP contribution in [0.1, 0.15) is 75.3 Å². The SMILES string of the molecule is CN(SONC1CCCCC1)c1ccc2c(c1)/C(=N\OCCOCCOCCO)c1cc(SNC3CCCCC3)ccc1-2. The van der Waals surface area contributed by atoms with E-state index >= 15 is 0 Å². The van der Waals surface area contributed by atoms with Crippen LogP contribution >= 0.6 is 24.2 Å². The Bertz CT molecular complexity index is 1170. The van der Waals surface area contributed by atoms with E-state index in [1.807, 2.05) is 11.4 Å². The number of benzene rings is 2. The first-order valence-corrected chi connectivity index (χ1v) is 17.2. The molecule has 0 amide bonds. The maximum absolute atomic E-state index is 8.81. The van der Waals surface area contributed by atoms with Crippen LogP contribution in [0.15, 0.2) is 46.4 Å². The van der Waals surface area contributed by atoms with Crippen molar-refractivity contribution >= 4 is 35.6 Å². The van der Waals surface area contributed by atoms with Crippen LogP contribution in [0.2, 0.25) is 0 Å². The highest BCUT2D eigenvalue weighted by atomic mass is 32.2. The van der Waals surface area contributed by atoms with E-state index in [-0.39, 0.29) is 6.61 Å². The Morgan fingerprint density at radius 2 is 1.44 bits per heavy atom. The van der Waals surface area contributed by atoms with Crippen molar-refractivity contribution in [1.82, 2.24) is 10.2 Å². The van der Waals surface area contributed by atoms with Crippen molar-refractivity contribution in [2.45, 2.75) is 81.2 Å². The molecule has 3 aliphatic rings. The number of oxime groups is 1. The molecule has 2 aromatic rings. The third-order valence-corrected chi connectivity index (χ3v) is 9.70. The Hall–Kier alpha value is -1.83. The molecule has 11 heteroatoms. The number of nitrogens with zero attached hydrogens (tertiary/aromatic N) is 2. The van der Waals surface area contributed by atoms with Crippen LogP contribution in [0.5, 0.6) is 0 Å². The van der Waals surface area contributed by atoms with Crippen molar-refractivity contribution in [3.8, 4) is 11.1 Å². The topological polar surface area (TPSA) is 96.8 Å². The minimum absolute atomic E-state index is 0.0149. The molecule has 2 fully saturated rings. The molecule has 0 heterocycles. The fourth-order valence-electron chi connectivity index (χ4n) is 5.79. The van der Waals surface area contributed by atoms with Gasteiger partial charge in [-0.25, -0.2) is 4.28 Å². The number of hydrogen-bond acceptors (Lipinski definition) is 11. The van der Waals surface area contributed by atoms with Crippen LogP contribution in [-0.4, -0.2) is 69.6 Å². The average molecular weight is 631 g/mol. The molecule has 5 rings (SSSR count). The predicted octanol–water partition coefficient (Wildman–Crippen LogP) is 6.24. The van der Waals surface area contributed by atoms with Gasteiger partial charge in [0.1, 0.15) is 24.5 Å². The molecule has 0 saturated heterocycles. The zero-order chi connectivity index (χ0) is 29.7. The summed E-state index contributed by atoms with van der Waals surface area (Å²) in [5, 5.41) is 13.4. The third kappa shape index (κ3) is 9.58. The van der Waals surface area contributed by atoms with Crippen molar-refractivity contribution in [3.63, 3.8) is 0 Å². The fraction of sp³-hybridized carbons (Fsp3) is 0.594. The Kier molecular flexibility index (Phi) is 13.3. The lowest BCUT2D eigenvalue weighted by Crippen LogP contribution is -2.30. The summed E-state index contributed by atoms with van der Waals surface area (Å²) in [5.41, 5.74) is 9.52. The van der Waals surface area contributed by atoms with E-state index < -0.39 is 0 Å². The second-order valence-corrected chi connectivity index (χ2v) is 13.1.